The van der Waals surface area contributed by atoms with Gasteiger partial charge in [0.15, 0.2) is 5.65 Å². The van der Waals surface area contributed by atoms with Gasteiger partial charge in [-0.05, 0) is 53.9 Å². The van der Waals surface area contributed by atoms with E-state index < -0.39 is 0 Å². The fraction of sp³-hybridized carbons (Fsp3) is 0.400. The number of hydrogen-bond donors (Lipinski definition) is 1. The highest BCUT2D eigenvalue weighted by Gasteiger charge is 2.19. The average Bonchev–Trinajstić information content (AvgIpc) is 2.92. The number of aromatic nitrogens is 3. The van der Waals surface area contributed by atoms with Crippen LogP contribution < -0.4 is 5.32 Å². The molecular weight excluding hydrogens is 447 g/mol. The molecule has 0 saturated carbocycles. The zero-order chi connectivity index (χ0) is 19.6. The third-order valence-corrected chi connectivity index (χ3v) is 5.63. The third kappa shape index (κ3) is 4.41. The van der Waals surface area contributed by atoms with Crippen LogP contribution in [0.2, 0.25) is 10.0 Å². The summed E-state index contributed by atoms with van der Waals surface area (Å²) in [6.07, 6.45) is 6.47. The van der Waals surface area contributed by atoms with Crippen LogP contribution in [0.25, 0.3) is 16.7 Å². The molecule has 0 fully saturated rings. The fourth-order valence-electron chi connectivity index (χ4n) is 3.33. The monoisotopic (exact) mass is 468 g/mol. The number of aryl methyl sites for hydroxylation is 1. The smallest absolute Gasteiger partial charge is 0.151 e. The Kier molecular flexibility index (Phi) is 6.66. The number of halogens is 3. The Hall–Kier alpha value is -1.30. The number of fused-ring (bicyclic) bond motifs is 1. The van der Waals surface area contributed by atoms with Crippen LogP contribution in [-0.4, -0.2) is 20.6 Å². The van der Waals surface area contributed by atoms with Gasteiger partial charge in [-0.25, -0.2) is 9.97 Å². The van der Waals surface area contributed by atoms with E-state index in [1.54, 1.807) is 6.07 Å². The van der Waals surface area contributed by atoms with E-state index in [1.165, 1.54) is 0 Å². The van der Waals surface area contributed by atoms with Gasteiger partial charge in [0.2, 0.25) is 0 Å². The maximum absolute atomic E-state index is 6.44. The largest absolute Gasteiger partial charge is 0.367 e. The summed E-state index contributed by atoms with van der Waals surface area (Å²) >= 11 is 16.2. The SMILES string of the molecule is CCCC(CCC)Nc1nc(C)nc2c1c(Br)cn2-c1ccc(Cl)cc1Cl. The highest BCUT2D eigenvalue weighted by atomic mass is 79.9. The summed E-state index contributed by atoms with van der Waals surface area (Å²) in [6.45, 7) is 6.33. The lowest BCUT2D eigenvalue weighted by atomic mass is 10.1. The van der Waals surface area contributed by atoms with Crippen LogP contribution >= 0.6 is 39.1 Å². The van der Waals surface area contributed by atoms with E-state index in [9.17, 15) is 0 Å². The molecule has 0 aliphatic rings. The van der Waals surface area contributed by atoms with Crippen molar-refractivity contribution in [2.45, 2.75) is 52.5 Å². The van der Waals surface area contributed by atoms with E-state index in [1.807, 2.05) is 29.8 Å². The van der Waals surface area contributed by atoms with Gasteiger partial charge in [0.1, 0.15) is 11.6 Å². The summed E-state index contributed by atoms with van der Waals surface area (Å²) in [7, 11) is 0. The minimum Gasteiger partial charge on any atom is -0.367 e. The van der Waals surface area contributed by atoms with E-state index in [4.69, 9.17) is 28.2 Å². The van der Waals surface area contributed by atoms with E-state index >= 15 is 0 Å². The predicted octanol–water partition coefficient (Wildman–Crippen LogP) is 7.18. The van der Waals surface area contributed by atoms with E-state index in [2.05, 4.69) is 40.1 Å². The Labute approximate surface area is 178 Å². The molecule has 4 nitrogen and oxygen atoms in total. The molecule has 7 heteroatoms. The number of anilines is 1. The zero-order valence-corrected chi connectivity index (χ0v) is 18.8. The Morgan fingerprint density at radius 1 is 1.15 bits per heavy atom. The lowest BCUT2D eigenvalue weighted by molar-refractivity contribution is 0.584. The van der Waals surface area contributed by atoms with Crippen molar-refractivity contribution in [3.05, 3.63) is 44.7 Å². The van der Waals surface area contributed by atoms with Crippen LogP contribution in [0, 0.1) is 6.92 Å². The van der Waals surface area contributed by atoms with Crippen molar-refractivity contribution in [2.24, 2.45) is 0 Å². The first-order chi connectivity index (χ1) is 12.9. The normalized spacial score (nSPS) is 11.5. The molecule has 2 aromatic heterocycles. The minimum absolute atomic E-state index is 0.395. The molecule has 2 heterocycles. The van der Waals surface area contributed by atoms with E-state index in [0.717, 1.165) is 52.7 Å². The second-order valence-corrected chi connectivity index (χ2v) is 8.38. The van der Waals surface area contributed by atoms with Crippen LogP contribution in [0.1, 0.15) is 45.4 Å². The maximum atomic E-state index is 6.44. The fourth-order valence-corrected chi connectivity index (χ4v) is 4.40. The van der Waals surface area contributed by atoms with E-state index in [0.29, 0.717) is 21.9 Å². The molecule has 144 valence electrons. The summed E-state index contributed by atoms with van der Waals surface area (Å²) < 4.78 is 2.91. The highest BCUT2D eigenvalue weighted by Crippen LogP contribution is 2.35. The second kappa shape index (κ2) is 8.80. The Morgan fingerprint density at radius 3 is 2.48 bits per heavy atom. The summed E-state index contributed by atoms with van der Waals surface area (Å²) in [5.41, 5.74) is 1.65. The summed E-state index contributed by atoms with van der Waals surface area (Å²) in [6, 6.07) is 5.86. The third-order valence-electron chi connectivity index (χ3n) is 4.50. The Morgan fingerprint density at radius 2 is 1.85 bits per heavy atom. The molecule has 1 N–H and O–H groups in total. The summed E-state index contributed by atoms with van der Waals surface area (Å²) in [5, 5.41) is 5.79. The van der Waals surface area contributed by atoms with Crippen molar-refractivity contribution in [1.29, 1.82) is 0 Å². The van der Waals surface area contributed by atoms with Gasteiger partial charge in [0.25, 0.3) is 0 Å². The van der Waals surface area contributed by atoms with Gasteiger partial charge in [0, 0.05) is 21.7 Å². The first-order valence-electron chi connectivity index (χ1n) is 9.21. The van der Waals surface area contributed by atoms with Crippen molar-refractivity contribution in [1.82, 2.24) is 14.5 Å². The number of rotatable bonds is 7. The number of benzene rings is 1. The van der Waals surface area contributed by atoms with Gasteiger partial charge in [-0.1, -0.05) is 49.9 Å². The second-order valence-electron chi connectivity index (χ2n) is 6.68. The number of hydrogen-bond acceptors (Lipinski definition) is 3. The first-order valence-corrected chi connectivity index (χ1v) is 10.8. The van der Waals surface area contributed by atoms with Crippen molar-refractivity contribution in [2.75, 3.05) is 5.32 Å². The molecule has 0 aliphatic carbocycles. The molecule has 0 unspecified atom stereocenters. The van der Waals surface area contributed by atoms with Gasteiger partial charge in [0.05, 0.1) is 16.1 Å². The molecule has 27 heavy (non-hydrogen) atoms. The molecule has 1 aromatic carbocycles. The lowest BCUT2D eigenvalue weighted by Crippen LogP contribution is -2.20. The van der Waals surface area contributed by atoms with Crippen molar-refractivity contribution in [3.8, 4) is 5.69 Å². The molecule has 3 rings (SSSR count). The lowest BCUT2D eigenvalue weighted by Gasteiger charge is -2.19. The molecule has 3 aromatic rings. The van der Waals surface area contributed by atoms with Gasteiger partial charge in [-0.15, -0.1) is 0 Å². The van der Waals surface area contributed by atoms with Gasteiger partial charge in [-0.3, -0.25) is 4.57 Å². The van der Waals surface area contributed by atoms with E-state index in [-0.39, 0.29) is 0 Å². The number of nitrogens with one attached hydrogen (secondary N) is 1. The molecule has 0 aliphatic heterocycles. The van der Waals surface area contributed by atoms with Crippen molar-refractivity contribution in [3.63, 3.8) is 0 Å². The standard InChI is InChI=1S/C20H23BrCl2N4/c1-4-6-14(7-5-2)26-19-18-15(21)11-27(20(18)25-12(3)24-19)17-9-8-13(22)10-16(17)23/h8-11,14H,4-7H2,1-3H3,(H,24,25,26). The highest BCUT2D eigenvalue weighted by molar-refractivity contribution is 9.10. The molecule has 0 saturated heterocycles. The topological polar surface area (TPSA) is 42.7 Å². The maximum Gasteiger partial charge on any atom is 0.151 e. The molecule has 0 amide bonds. The Bertz CT molecular complexity index is 949. The molecule has 0 spiro atoms. The molecular formula is C20H23BrCl2N4. The van der Waals surface area contributed by atoms with Crippen molar-refractivity contribution < 1.29 is 0 Å². The predicted molar refractivity (Wildman–Crippen MR) is 119 cm³/mol. The molecule has 0 atom stereocenters. The summed E-state index contributed by atoms with van der Waals surface area (Å²) in [4.78, 5) is 9.38. The van der Waals surface area contributed by atoms with Crippen LogP contribution in [0.4, 0.5) is 5.82 Å². The number of nitrogens with zero attached hydrogens (tertiary/aromatic N) is 3. The Balaban J connectivity index is 2.13. The quantitative estimate of drug-likeness (QED) is 0.398. The van der Waals surface area contributed by atoms with Crippen LogP contribution in [0.3, 0.4) is 0 Å². The molecule has 0 radical (unpaired) electrons. The van der Waals surface area contributed by atoms with Crippen LogP contribution in [0.5, 0.6) is 0 Å². The van der Waals surface area contributed by atoms with Gasteiger partial charge >= 0.3 is 0 Å². The first kappa shape index (κ1) is 20.4. The summed E-state index contributed by atoms with van der Waals surface area (Å²) in [5.74, 6) is 1.58. The van der Waals surface area contributed by atoms with Crippen LogP contribution in [0.15, 0.2) is 28.9 Å². The zero-order valence-electron chi connectivity index (χ0n) is 15.7. The minimum atomic E-state index is 0.395. The van der Waals surface area contributed by atoms with Gasteiger partial charge in [-0.2, -0.15) is 0 Å². The van der Waals surface area contributed by atoms with Gasteiger partial charge < -0.3 is 5.32 Å². The molecule has 0 bridgehead atoms. The average molecular weight is 470 g/mol. The van der Waals surface area contributed by atoms with Crippen LogP contribution in [-0.2, 0) is 0 Å². The van der Waals surface area contributed by atoms with Crippen molar-refractivity contribution >= 4 is 56.0 Å².